The Morgan fingerprint density at radius 2 is 0.800 bits per heavy atom. The van der Waals surface area contributed by atoms with Crippen LogP contribution in [0.4, 0.5) is 17.1 Å². The van der Waals surface area contributed by atoms with Gasteiger partial charge in [0.25, 0.3) is 0 Å². The topological polar surface area (TPSA) is 3.24 Å². The molecule has 0 fully saturated rings. The first-order chi connectivity index (χ1) is 26.8. The molecule has 266 valence electrons. The highest BCUT2D eigenvalue weighted by atomic mass is 15.1. The van der Waals surface area contributed by atoms with Crippen LogP contribution in [0.2, 0.25) is 0 Å². The van der Waals surface area contributed by atoms with E-state index in [1.807, 2.05) is 0 Å². The fraction of sp³-hybridized carbons (Fsp3) is 0.148. The lowest BCUT2D eigenvalue weighted by Crippen LogP contribution is -2.33. The normalized spacial score (nSPS) is 14.7. The summed E-state index contributed by atoms with van der Waals surface area (Å²) in [6.07, 6.45) is 2.42. The van der Waals surface area contributed by atoms with Crippen molar-refractivity contribution < 1.29 is 0 Å². The van der Waals surface area contributed by atoms with E-state index in [-0.39, 0.29) is 10.8 Å². The monoisotopic (exact) mass is 707 g/mol. The van der Waals surface area contributed by atoms with Crippen LogP contribution in [0.15, 0.2) is 176 Å². The summed E-state index contributed by atoms with van der Waals surface area (Å²) < 4.78 is 0. The average Bonchev–Trinajstić information content (AvgIpc) is 3.23. The Kier molecular flexibility index (Phi) is 7.72. The van der Waals surface area contributed by atoms with Crippen LogP contribution in [0.25, 0.3) is 65.3 Å². The molecule has 0 unspecified atom stereocenters. The van der Waals surface area contributed by atoms with Crippen molar-refractivity contribution in [3.8, 4) is 22.3 Å². The standard InChI is InChI=1S/C54H45N/c1-53(2)30-31-54(3,4)50-35-39-32-37(27-26-36(39)34-49(50)53)41-18-12-14-24-51(41)55(40-16-6-5-7-17-40)52-25-15-13-19-42(52)38-28-29-47-45-22-9-8-20-43(45)44-21-10-11-23-46(44)48(47)33-38/h5-29,32-35H,30-31H2,1-4H3. The van der Waals surface area contributed by atoms with E-state index in [1.165, 1.54) is 89.3 Å². The van der Waals surface area contributed by atoms with Crippen LogP contribution >= 0.6 is 0 Å². The molecule has 0 radical (unpaired) electrons. The summed E-state index contributed by atoms with van der Waals surface area (Å²) in [4.78, 5) is 2.45. The zero-order valence-corrected chi connectivity index (χ0v) is 32.1. The molecule has 1 heteroatoms. The van der Waals surface area contributed by atoms with Gasteiger partial charge in [-0.15, -0.1) is 0 Å². The van der Waals surface area contributed by atoms with Crippen LogP contribution in [0.1, 0.15) is 51.7 Å². The number of rotatable bonds is 5. The fourth-order valence-corrected chi connectivity index (χ4v) is 9.37. The number of nitrogens with zero attached hydrogens (tertiary/aromatic N) is 1. The van der Waals surface area contributed by atoms with E-state index < -0.39 is 0 Å². The molecule has 0 aromatic heterocycles. The van der Waals surface area contributed by atoms with E-state index in [9.17, 15) is 0 Å². The van der Waals surface area contributed by atoms with Crippen molar-refractivity contribution in [2.24, 2.45) is 0 Å². The maximum atomic E-state index is 2.49. The lowest BCUT2D eigenvalue weighted by atomic mass is 9.63. The van der Waals surface area contributed by atoms with Crippen LogP contribution < -0.4 is 4.90 Å². The highest BCUT2D eigenvalue weighted by molar-refractivity contribution is 6.25. The van der Waals surface area contributed by atoms with Gasteiger partial charge in [0.05, 0.1) is 11.4 Å². The highest BCUT2D eigenvalue weighted by Gasteiger charge is 2.37. The predicted molar refractivity (Wildman–Crippen MR) is 237 cm³/mol. The largest absolute Gasteiger partial charge is 0.309 e. The van der Waals surface area contributed by atoms with E-state index in [0.29, 0.717) is 0 Å². The van der Waals surface area contributed by atoms with Gasteiger partial charge in [0.2, 0.25) is 0 Å². The minimum absolute atomic E-state index is 0.156. The molecule has 9 aromatic rings. The van der Waals surface area contributed by atoms with Crippen molar-refractivity contribution >= 4 is 60.2 Å². The van der Waals surface area contributed by atoms with Gasteiger partial charge in [0, 0.05) is 16.8 Å². The summed E-state index contributed by atoms with van der Waals surface area (Å²) in [5, 5.41) is 10.3. The molecular formula is C54H45N. The van der Waals surface area contributed by atoms with Gasteiger partial charge in [-0.1, -0.05) is 167 Å². The minimum Gasteiger partial charge on any atom is -0.309 e. The predicted octanol–water partition coefficient (Wildman–Crippen LogP) is 15.5. The number of anilines is 3. The Bertz CT molecular complexity index is 2900. The first-order valence-corrected chi connectivity index (χ1v) is 19.7. The number of benzene rings is 9. The molecule has 10 rings (SSSR count). The van der Waals surface area contributed by atoms with Crippen LogP contribution in [-0.2, 0) is 10.8 Å². The van der Waals surface area contributed by atoms with Crippen molar-refractivity contribution in [3.63, 3.8) is 0 Å². The second kappa shape index (κ2) is 12.7. The zero-order chi connectivity index (χ0) is 37.3. The van der Waals surface area contributed by atoms with E-state index in [4.69, 9.17) is 0 Å². The first-order valence-electron chi connectivity index (χ1n) is 19.7. The second-order valence-corrected chi connectivity index (χ2v) is 16.8. The molecule has 0 amide bonds. The zero-order valence-electron chi connectivity index (χ0n) is 32.1. The third kappa shape index (κ3) is 5.52. The Labute approximate surface area is 324 Å². The quantitative estimate of drug-likeness (QED) is 0.161. The average molecular weight is 708 g/mol. The van der Waals surface area contributed by atoms with Gasteiger partial charge in [-0.2, -0.15) is 0 Å². The van der Waals surface area contributed by atoms with Gasteiger partial charge in [-0.3, -0.25) is 0 Å². The third-order valence-corrected chi connectivity index (χ3v) is 12.5. The van der Waals surface area contributed by atoms with Gasteiger partial charge in [0.15, 0.2) is 0 Å². The van der Waals surface area contributed by atoms with Crippen LogP contribution in [0.5, 0.6) is 0 Å². The minimum atomic E-state index is 0.156. The Morgan fingerprint density at radius 1 is 0.364 bits per heavy atom. The SMILES string of the molecule is CC1(C)CCC(C)(C)c2cc3cc(-c4ccccc4N(c4ccccc4)c4ccccc4-c4ccc5c6ccccc6c6ccccc6c5c4)ccc3cc21. The Balaban J connectivity index is 1.16. The lowest BCUT2D eigenvalue weighted by Gasteiger charge is -2.42. The Hall–Kier alpha value is -6.18. The van der Waals surface area contributed by atoms with E-state index in [0.717, 1.165) is 17.1 Å². The van der Waals surface area contributed by atoms with Gasteiger partial charge in [-0.25, -0.2) is 0 Å². The van der Waals surface area contributed by atoms with E-state index in [1.54, 1.807) is 0 Å². The molecule has 0 bridgehead atoms. The molecule has 0 heterocycles. The summed E-state index contributed by atoms with van der Waals surface area (Å²) in [5.41, 5.74) is 11.6. The van der Waals surface area contributed by atoms with Crippen LogP contribution in [-0.4, -0.2) is 0 Å². The molecule has 55 heavy (non-hydrogen) atoms. The summed E-state index contributed by atoms with van der Waals surface area (Å²) in [6.45, 7) is 9.66. The number of hydrogen-bond donors (Lipinski definition) is 0. The number of hydrogen-bond acceptors (Lipinski definition) is 1. The van der Waals surface area contributed by atoms with E-state index in [2.05, 4.69) is 209 Å². The third-order valence-electron chi connectivity index (χ3n) is 12.5. The van der Waals surface area contributed by atoms with Gasteiger partial charge < -0.3 is 4.90 Å². The first kappa shape index (κ1) is 33.4. The molecular weight excluding hydrogens is 663 g/mol. The summed E-state index contributed by atoms with van der Waals surface area (Å²) >= 11 is 0. The van der Waals surface area contributed by atoms with Crippen molar-refractivity contribution in [3.05, 3.63) is 187 Å². The molecule has 0 aliphatic heterocycles. The molecule has 9 aromatic carbocycles. The maximum Gasteiger partial charge on any atom is 0.0540 e. The van der Waals surface area contributed by atoms with Gasteiger partial charge in [-0.05, 0) is 125 Å². The highest BCUT2D eigenvalue weighted by Crippen LogP contribution is 2.49. The lowest BCUT2D eigenvalue weighted by molar-refractivity contribution is 0.332. The maximum absolute atomic E-state index is 2.49. The Morgan fingerprint density at radius 3 is 1.38 bits per heavy atom. The summed E-state index contributed by atoms with van der Waals surface area (Å²) in [5.74, 6) is 0. The van der Waals surface area contributed by atoms with E-state index >= 15 is 0 Å². The van der Waals surface area contributed by atoms with Crippen molar-refractivity contribution in [1.29, 1.82) is 0 Å². The molecule has 0 N–H and O–H groups in total. The fourth-order valence-electron chi connectivity index (χ4n) is 9.37. The molecule has 1 aliphatic rings. The van der Waals surface area contributed by atoms with Crippen molar-refractivity contribution in [1.82, 2.24) is 0 Å². The van der Waals surface area contributed by atoms with Crippen LogP contribution in [0, 0.1) is 0 Å². The van der Waals surface area contributed by atoms with Crippen LogP contribution in [0.3, 0.4) is 0 Å². The molecule has 0 atom stereocenters. The number of para-hydroxylation sites is 3. The van der Waals surface area contributed by atoms with Crippen molar-refractivity contribution in [2.75, 3.05) is 4.90 Å². The molecule has 1 aliphatic carbocycles. The summed E-state index contributed by atoms with van der Waals surface area (Å²) in [6, 6.07) is 65.4. The molecule has 0 saturated carbocycles. The smallest absolute Gasteiger partial charge is 0.0540 e. The molecule has 1 nitrogen and oxygen atoms in total. The van der Waals surface area contributed by atoms with Gasteiger partial charge >= 0.3 is 0 Å². The number of fused-ring (bicyclic) bond motifs is 8. The second-order valence-electron chi connectivity index (χ2n) is 16.8. The molecule has 0 spiro atoms. The van der Waals surface area contributed by atoms with Crippen molar-refractivity contribution in [2.45, 2.75) is 51.4 Å². The molecule has 0 saturated heterocycles. The van der Waals surface area contributed by atoms with Gasteiger partial charge in [0.1, 0.15) is 0 Å². The summed E-state index contributed by atoms with van der Waals surface area (Å²) in [7, 11) is 0.